The fourth-order valence-electron chi connectivity index (χ4n) is 4.99. The zero-order chi connectivity index (χ0) is 29.0. The van der Waals surface area contributed by atoms with Gasteiger partial charge in [0.1, 0.15) is 17.5 Å². The molecule has 2 aliphatic rings. The number of esters is 2. The van der Waals surface area contributed by atoms with Gasteiger partial charge in [0, 0.05) is 34.8 Å². The van der Waals surface area contributed by atoms with Crippen LogP contribution in [-0.2, 0) is 29.6 Å². The first-order chi connectivity index (χ1) is 19.7. The predicted octanol–water partition coefficient (Wildman–Crippen LogP) is 4.90. The van der Waals surface area contributed by atoms with Crippen LogP contribution in [0.4, 0.5) is 13.2 Å². The quantitative estimate of drug-likeness (QED) is 0.311. The molecule has 3 aromatic rings. The van der Waals surface area contributed by atoms with Gasteiger partial charge in [0.15, 0.2) is 5.78 Å². The molecule has 2 heterocycles. The molecule has 212 valence electrons. The fraction of sp³-hybridized carbons (Fsp3) is 0.258. The fourth-order valence-corrected chi connectivity index (χ4v) is 4.99. The van der Waals surface area contributed by atoms with Crippen LogP contribution in [0.15, 0.2) is 84.9 Å². The van der Waals surface area contributed by atoms with E-state index in [1.807, 2.05) is 4.90 Å². The topological polar surface area (TPSA) is 82.1 Å². The summed E-state index contributed by atoms with van der Waals surface area (Å²) in [7, 11) is 0. The Bertz CT molecular complexity index is 1390. The molecule has 1 saturated heterocycles. The van der Waals surface area contributed by atoms with Gasteiger partial charge in [0.25, 0.3) is 5.79 Å². The molecule has 0 saturated carbocycles. The number of hydrogen-bond acceptors (Lipinski definition) is 7. The van der Waals surface area contributed by atoms with Crippen LogP contribution in [0.25, 0.3) is 0 Å². The number of Topliss-reactive ketones (excluding diaryl/α,β-unsaturated/α-hetero) is 1. The molecule has 0 aliphatic carbocycles. The SMILES string of the molecule is O=C1/C=C\C(=O)OC(c2ccc(F)cc2)(c2ccc(F)cc2)OC(CN2CCC(C(=O)c3ccc(F)cc3)CC2)O1. The van der Waals surface area contributed by atoms with E-state index in [2.05, 4.69) is 0 Å². The second-order valence-electron chi connectivity index (χ2n) is 9.82. The van der Waals surface area contributed by atoms with Gasteiger partial charge < -0.3 is 9.47 Å². The Morgan fingerprint density at radius 2 is 1.24 bits per heavy atom. The average Bonchev–Trinajstić information content (AvgIpc) is 3.02. The van der Waals surface area contributed by atoms with Gasteiger partial charge in [-0.15, -0.1) is 0 Å². The summed E-state index contributed by atoms with van der Waals surface area (Å²) in [5.41, 5.74) is 0.855. The maximum atomic E-state index is 13.8. The number of nitrogens with zero attached hydrogens (tertiary/aromatic N) is 1. The highest BCUT2D eigenvalue weighted by Gasteiger charge is 2.44. The first kappa shape index (κ1) is 28.3. The number of carbonyl (C=O) groups excluding carboxylic acids is 3. The van der Waals surface area contributed by atoms with E-state index in [1.165, 1.54) is 48.5 Å². The molecule has 0 amide bonds. The highest BCUT2D eigenvalue weighted by atomic mass is 19.1. The summed E-state index contributed by atoms with van der Waals surface area (Å²) >= 11 is 0. The first-order valence-electron chi connectivity index (χ1n) is 13.1. The molecule has 0 radical (unpaired) electrons. The molecule has 0 bridgehead atoms. The molecular weight excluding hydrogens is 539 g/mol. The maximum Gasteiger partial charge on any atom is 0.334 e. The van der Waals surface area contributed by atoms with Gasteiger partial charge in [-0.1, -0.05) is 0 Å². The Hall–Kier alpha value is -4.28. The Morgan fingerprint density at radius 1 is 0.756 bits per heavy atom. The highest BCUT2D eigenvalue weighted by molar-refractivity contribution is 5.97. The third kappa shape index (κ3) is 6.55. The molecule has 0 N–H and O–H groups in total. The minimum absolute atomic E-state index is 0.0543. The number of hydrogen-bond donors (Lipinski definition) is 0. The molecule has 2 aliphatic heterocycles. The van der Waals surface area contributed by atoms with Crippen LogP contribution in [0.2, 0.25) is 0 Å². The van der Waals surface area contributed by atoms with E-state index >= 15 is 0 Å². The second kappa shape index (κ2) is 12.1. The number of likely N-dealkylation sites (tertiary alicyclic amines) is 1. The standard InChI is InChI=1S/C31H26F3NO6/c32-24-7-1-20(2-8-24)30(38)21-15-17-35(18-16-21)19-29-39-27(36)13-14-28(37)40-31(41-29,22-3-9-25(33)10-4-22)23-5-11-26(34)12-6-23/h1-14,21,29H,15-19H2/b14-13-. The number of cyclic esters (lactones) is 2. The van der Waals surface area contributed by atoms with Gasteiger partial charge in [-0.2, -0.15) is 0 Å². The van der Waals surface area contributed by atoms with Crippen LogP contribution in [-0.4, -0.2) is 48.5 Å². The smallest absolute Gasteiger partial charge is 0.334 e. The first-order valence-corrected chi connectivity index (χ1v) is 13.1. The van der Waals surface area contributed by atoms with Gasteiger partial charge in [-0.25, -0.2) is 22.8 Å². The lowest BCUT2D eigenvalue weighted by Crippen LogP contribution is -2.47. The molecule has 41 heavy (non-hydrogen) atoms. The van der Waals surface area contributed by atoms with Crippen LogP contribution < -0.4 is 0 Å². The van der Waals surface area contributed by atoms with E-state index in [0.717, 1.165) is 36.4 Å². The summed E-state index contributed by atoms with van der Waals surface area (Å²) in [6.07, 6.45) is 1.54. The van der Waals surface area contributed by atoms with E-state index in [9.17, 15) is 27.6 Å². The normalized spacial score (nSPS) is 20.7. The minimum Gasteiger partial charge on any atom is -0.431 e. The Morgan fingerprint density at radius 3 is 1.78 bits per heavy atom. The van der Waals surface area contributed by atoms with Gasteiger partial charge in [-0.05, 0) is 98.7 Å². The number of benzene rings is 3. The van der Waals surface area contributed by atoms with Crippen molar-refractivity contribution in [3.05, 3.63) is 119 Å². The monoisotopic (exact) mass is 565 g/mol. The van der Waals surface area contributed by atoms with Crippen LogP contribution in [0, 0.1) is 23.4 Å². The molecule has 1 unspecified atom stereocenters. The van der Waals surface area contributed by atoms with E-state index < -0.39 is 41.5 Å². The van der Waals surface area contributed by atoms with Crippen molar-refractivity contribution in [3.63, 3.8) is 0 Å². The summed E-state index contributed by atoms with van der Waals surface area (Å²) in [5.74, 6) is -5.63. The number of halogens is 3. The summed E-state index contributed by atoms with van der Waals surface area (Å²) in [6.45, 7) is 0.980. The molecule has 1 atom stereocenters. The lowest BCUT2D eigenvalue weighted by molar-refractivity contribution is -0.279. The molecule has 10 heteroatoms. The van der Waals surface area contributed by atoms with E-state index in [-0.39, 0.29) is 29.4 Å². The summed E-state index contributed by atoms with van der Waals surface area (Å²) < 4.78 is 58.6. The predicted molar refractivity (Wildman–Crippen MR) is 140 cm³/mol. The lowest BCUT2D eigenvalue weighted by atomic mass is 9.89. The largest absolute Gasteiger partial charge is 0.431 e. The maximum absolute atomic E-state index is 13.8. The summed E-state index contributed by atoms with van der Waals surface area (Å²) in [5, 5.41) is 0. The van der Waals surface area contributed by atoms with Crippen molar-refractivity contribution in [3.8, 4) is 0 Å². The van der Waals surface area contributed by atoms with E-state index in [0.29, 0.717) is 31.5 Å². The molecule has 1 fully saturated rings. The molecule has 7 nitrogen and oxygen atoms in total. The van der Waals surface area contributed by atoms with Gasteiger partial charge in [0.05, 0.1) is 6.54 Å². The van der Waals surface area contributed by atoms with Crippen LogP contribution in [0.3, 0.4) is 0 Å². The third-order valence-electron chi connectivity index (χ3n) is 7.09. The van der Waals surface area contributed by atoms with Crippen molar-refractivity contribution >= 4 is 17.7 Å². The molecule has 5 rings (SSSR count). The second-order valence-corrected chi connectivity index (χ2v) is 9.82. The molecule has 0 aromatic heterocycles. The Labute approximate surface area is 234 Å². The number of piperidine rings is 1. The highest BCUT2D eigenvalue weighted by Crippen LogP contribution is 2.38. The van der Waals surface area contributed by atoms with Crippen molar-refractivity contribution in [2.45, 2.75) is 24.9 Å². The van der Waals surface area contributed by atoms with Crippen LogP contribution in [0.5, 0.6) is 0 Å². The van der Waals surface area contributed by atoms with Gasteiger partial charge >= 0.3 is 11.9 Å². The molecular formula is C31H26F3NO6. The van der Waals surface area contributed by atoms with Crippen molar-refractivity contribution in [2.75, 3.05) is 19.6 Å². The van der Waals surface area contributed by atoms with E-state index in [4.69, 9.17) is 14.2 Å². The Balaban J connectivity index is 1.40. The molecule has 0 spiro atoms. The number of ether oxygens (including phenoxy) is 3. The summed E-state index contributed by atoms with van der Waals surface area (Å²) in [4.78, 5) is 40.1. The van der Waals surface area contributed by atoms with Crippen LogP contribution >= 0.6 is 0 Å². The van der Waals surface area contributed by atoms with Gasteiger partial charge in [0.2, 0.25) is 6.29 Å². The number of ketones is 1. The van der Waals surface area contributed by atoms with Crippen LogP contribution in [0.1, 0.15) is 34.3 Å². The number of carbonyl (C=O) groups is 3. The number of rotatable bonds is 6. The zero-order valence-corrected chi connectivity index (χ0v) is 21.8. The summed E-state index contributed by atoms with van der Waals surface area (Å²) in [6, 6.07) is 15.5. The van der Waals surface area contributed by atoms with Crippen molar-refractivity contribution in [1.82, 2.24) is 4.90 Å². The van der Waals surface area contributed by atoms with E-state index in [1.54, 1.807) is 0 Å². The zero-order valence-electron chi connectivity index (χ0n) is 21.8. The molecule has 3 aromatic carbocycles. The minimum atomic E-state index is -2.02. The Kier molecular flexibility index (Phi) is 8.32. The third-order valence-corrected chi connectivity index (χ3v) is 7.09. The van der Waals surface area contributed by atoms with Crippen molar-refractivity contribution in [2.24, 2.45) is 5.92 Å². The average molecular weight is 566 g/mol. The lowest BCUT2D eigenvalue weighted by Gasteiger charge is -2.38. The van der Waals surface area contributed by atoms with Gasteiger partial charge in [-0.3, -0.25) is 14.4 Å². The van der Waals surface area contributed by atoms with Crippen molar-refractivity contribution < 1.29 is 41.8 Å². The van der Waals surface area contributed by atoms with Crippen molar-refractivity contribution in [1.29, 1.82) is 0 Å².